The quantitative estimate of drug-likeness (QED) is 0.689. The van der Waals surface area contributed by atoms with E-state index in [9.17, 15) is 9.59 Å². The Hall–Kier alpha value is -1.10. The molecule has 1 rings (SSSR count). The van der Waals surface area contributed by atoms with Crippen LogP contribution >= 0.6 is 0 Å². The third kappa shape index (κ3) is 2.92. The lowest BCUT2D eigenvalue weighted by Crippen LogP contribution is -2.52. The summed E-state index contributed by atoms with van der Waals surface area (Å²) >= 11 is 0. The fourth-order valence-electron chi connectivity index (χ4n) is 2.11. The highest BCUT2D eigenvalue weighted by Gasteiger charge is 2.34. The third-order valence-corrected chi connectivity index (χ3v) is 2.92. The molecular formula is C10H18N2O3. The molecular weight excluding hydrogens is 196 g/mol. The number of aliphatic carboxylic acids is 1. The van der Waals surface area contributed by atoms with Gasteiger partial charge in [0.25, 0.3) is 0 Å². The Morgan fingerprint density at radius 2 is 2.20 bits per heavy atom. The Morgan fingerprint density at radius 3 is 2.73 bits per heavy atom. The number of piperidine rings is 1. The molecule has 15 heavy (non-hydrogen) atoms. The minimum absolute atomic E-state index is 0.112. The van der Waals surface area contributed by atoms with E-state index < -0.39 is 12.0 Å². The van der Waals surface area contributed by atoms with Gasteiger partial charge in [0.2, 0.25) is 5.91 Å². The maximum absolute atomic E-state index is 11.2. The van der Waals surface area contributed by atoms with Gasteiger partial charge in [-0.3, -0.25) is 14.5 Å². The highest BCUT2D eigenvalue weighted by molar-refractivity contribution is 5.79. The fourth-order valence-corrected chi connectivity index (χ4v) is 2.11. The normalized spacial score (nSPS) is 27.3. The summed E-state index contributed by atoms with van der Waals surface area (Å²) in [6.45, 7) is 2.79. The molecule has 0 bridgehead atoms. The van der Waals surface area contributed by atoms with E-state index >= 15 is 0 Å². The number of likely N-dealkylation sites (N-methyl/N-ethyl adjacent to an activating group) is 1. The van der Waals surface area contributed by atoms with Crippen LogP contribution in [0.4, 0.5) is 0 Å². The van der Waals surface area contributed by atoms with Gasteiger partial charge in [-0.1, -0.05) is 6.92 Å². The molecule has 1 heterocycles. The predicted octanol–water partition coefficient (Wildman–Crippen LogP) is -0.0825. The van der Waals surface area contributed by atoms with Crippen LogP contribution in [0.1, 0.15) is 19.8 Å². The molecule has 5 heteroatoms. The van der Waals surface area contributed by atoms with Crippen LogP contribution in [-0.4, -0.2) is 48.1 Å². The van der Waals surface area contributed by atoms with Crippen molar-refractivity contribution in [1.82, 2.24) is 10.2 Å². The van der Waals surface area contributed by atoms with Crippen LogP contribution < -0.4 is 5.32 Å². The molecule has 2 N–H and O–H groups in total. The van der Waals surface area contributed by atoms with Crippen LogP contribution in [0, 0.1) is 5.92 Å². The Kier molecular flexibility index (Phi) is 4.08. The van der Waals surface area contributed by atoms with E-state index in [4.69, 9.17) is 5.11 Å². The Morgan fingerprint density at radius 1 is 1.53 bits per heavy atom. The molecule has 2 unspecified atom stereocenters. The van der Waals surface area contributed by atoms with Gasteiger partial charge in [-0.05, 0) is 25.3 Å². The van der Waals surface area contributed by atoms with Gasteiger partial charge in [0, 0.05) is 7.05 Å². The van der Waals surface area contributed by atoms with E-state index in [2.05, 4.69) is 5.32 Å². The molecule has 2 atom stereocenters. The van der Waals surface area contributed by atoms with Crippen LogP contribution in [0.2, 0.25) is 0 Å². The molecule has 0 radical (unpaired) electrons. The largest absolute Gasteiger partial charge is 0.480 e. The summed E-state index contributed by atoms with van der Waals surface area (Å²) in [7, 11) is 1.56. The van der Waals surface area contributed by atoms with Crippen LogP contribution in [0.3, 0.4) is 0 Å². The number of hydrogen-bond acceptors (Lipinski definition) is 3. The van der Waals surface area contributed by atoms with E-state index in [1.807, 2.05) is 6.92 Å². The van der Waals surface area contributed by atoms with Gasteiger partial charge in [-0.2, -0.15) is 0 Å². The second kappa shape index (κ2) is 5.11. The van der Waals surface area contributed by atoms with E-state index in [1.54, 1.807) is 11.9 Å². The molecule has 0 aromatic rings. The number of amides is 1. The Labute approximate surface area is 89.4 Å². The van der Waals surface area contributed by atoms with E-state index in [-0.39, 0.29) is 18.4 Å². The number of nitrogens with zero attached hydrogens (tertiary/aromatic N) is 1. The van der Waals surface area contributed by atoms with Crippen molar-refractivity contribution >= 4 is 11.9 Å². The molecule has 1 fully saturated rings. The predicted molar refractivity (Wildman–Crippen MR) is 55.5 cm³/mol. The van der Waals surface area contributed by atoms with Gasteiger partial charge in [0.1, 0.15) is 6.04 Å². The molecule has 1 aliphatic rings. The summed E-state index contributed by atoms with van der Waals surface area (Å²) in [5.74, 6) is -0.845. The topological polar surface area (TPSA) is 69.6 Å². The first-order valence-electron chi connectivity index (χ1n) is 5.23. The van der Waals surface area contributed by atoms with E-state index in [1.165, 1.54) is 0 Å². The first-order chi connectivity index (χ1) is 7.06. The van der Waals surface area contributed by atoms with Gasteiger partial charge in [0.05, 0.1) is 6.54 Å². The zero-order valence-corrected chi connectivity index (χ0v) is 9.19. The van der Waals surface area contributed by atoms with Crippen molar-refractivity contribution in [2.75, 3.05) is 20.1 Å². The van der Waals surface area contributed by atoms with Crippen LogP contribution in [0.25, 0.3) is 0 Å². The molecule has 0 aromatic carbocycles. The average molecular weight is 214 g/mol. The molecule has 0 saturated carbocycles. The van der Waals surface area contributed by atoms with E-state index in [0.717, 1.165) is 12.8 Å². The summed E-state index contributed by atoms with van der Waals surface area (Å²) < 4.78 is 0. The van der Waals surface area contributed by atoms with Crippen molar-refractivity contribution in [2.24, 2.45) is 5.92 Å². The lowest BCUT2D eigenvalue weighted by atomic mass is 9.91. The Balaban J connectivity index is 2.66. The number of carboxylic acids is 1. The van der Waals surface area contributed by atoms with Crippen LogP contribution in [-0.2, 0) is 9.59 Å². The standard InChI is InChI=1S/C10H18N2O3/c1-7-4-3-5-12(6-8(13)11-2)9(7)10(14)15/h7,9H,3-6H2,1-2H3,(H,11,13)(H,14,15). The van der Waals surface area contributed by atoms with Crippen molar-refractivity contribution in [1.29, 1.82) is 0 Å². The Bertz CT molecular complexity index is 255. The highest BCUT2D eigenvalue weighted by atomic mass is 16.4. The summed E-state index contributed by atoms with van der Waals surface area (Å²) in [5.41, 5.74) is 0. The monoisotopic (exact) mass is 214 g/mol. The lowest BCUT2D eigenvalue weighted by molar-refractivity contribution is -0.147. The number of carboxylic acid groups (broad SMARTS) is 1. The van der Waals surface area contributed by atoms with Gasteiger partial charge < -0.3 is 10.4 Å². The highest BCUT2D eigenvalue weighted by Crippen LogP contribution is 2.22. The average Bonchev–Trinajstić information content (AvgIpc) is 2.17. The molecule has 1 amide bonds. The lowest BCUT2D eigenvalue weighted by Gasteiger charge is -2.36. The summed E-state index contributed by atoms with van der Waals surface area (Å²) in [5, 5.41) is 11.6. The van der Waals surface area contributed by atoms with Crippen molar-refractivity contribution in [2.45, 2.75) is 25.8 Å². The molecule has 5 nitrogen and oxygen atoms in total. The zero-order chi connectivity index (χ0) is 11.4. The van der Waals surface area contributed by atoms with Crippen molar-refractivity contribution < 1.29 is 14.7 Å². The second-order valence-electron chi connectivity index (χ2n) is 4.05. The molecule has 0 aromatic heterocycles. The van der Waals surface area contributed by atoms with Gasteiger partial charge in [-0.25, -0.2) is 0 Å². The SMILES string of the molecule is CNC(=O)CN1CCCC(C)C1C(=O)O. The van der Waals surface area contributed by atoms with Gasteiger partial charge in [0.15, 0.2) is 0 Å². The number of nitrogens with one attached hydrogen (secondary N) is 1. The molecule has 86 valence electrons. The molecule has 0 aliphatic carbocycles. The van der Waals surface area contributed by atoms with Crippen LogP contribution in [0.5, 0.6) is 0 Å². The summed E-state index contributed by atoms with van der Waals surface area (Å²) in [6, 6.07) is -0.518. The summed E-state index contributed by atoms with van der Waals surface area (Å²) in [6.07, 6.45) is 1.88. The summed E-state index contributed by atoms with van der Waals surface area (Å²) in [4.78, 5) is 24.0. The molecule has 1 saturated heterocycles. The van der Waals surface area contributed by atoms with Crippen LogP contribution in [0.15, 0.2) is 0 Å². The maximum atomic E-state index is 11.2. The number of carbonyl (C=O) groups is 2. The first kappa shape index (κ1) is 12.0. The first-order valence-corrected chi connectivity index (χ1v) is 5.23. The number of carbonyl (C=O) groups excluding carboxylic acids is 1. The van der Waals surface area contributed by atoms with E-state index in [0.29, 0.717) is 6.54 Å². The van der Waals surface area contributed by atoms with Crippen molar-refractivity contribution in [3.63, 3.8) is 0 Å². The zero-order valence-electron chi connectivity index (χ0n) is 9.19. The third-order valence-electron chi connectivity index (χ3n) is 2.92. The maximum Gasteiger partial charge on any atom is 0.321 e. The van der Waals surface area contributed by atoms with Gasteiger partial charge in [-0.15, -0.1) is 0 Å². The minimum Gasteiger partial charge on any atom is -0.480 e. The number of hydrogen-bond donors (Lipinski definition) is 2. The smallest absolute Gasteiger partial charge is 0.321 e. The van der Waals surface area contributed by atoms with Crippen molar-refractivity contribution in [3.8, 4) is 0 Å². The number of rotatable bonds is 3. The second-order valence-corrected chi connectivity index (χ2v) is 4.05. The molecule has 1 aliphatic heterocycles. The minimum atomic E-state index is -0.828. The van der Waals surface area contributed by atoms with Crippen molar-refractivity contribution in [3.05, 3.63) is 0 Å². The number of likely N-dealkylation sites (tertiary alicyclic amines) is 1. The molecule has 0 spiro atoms. The fraction of sp³-hybridized carbons (Fsp3) is 0.800. The van der Waals surface area contributed by atoms with Gasteiger partial charge >= 0.3 is 5.97 Å².